The first-order chi connectivity index (χ1) is 18.1. The summed E-state index contributed by atoms with van der Waals surface area (Å²) in [5.41, 5.74) is 6.29. The zero-order valence-corrected chi connectivity index (χ0v) is 21.9. The van der Waals surface area contributed by atoms with Crippen molar-refractivity contribution in [3.63, 3.8) is 0 Å². The number of halogens is 3. The molecule has 1 aromatic heterocycles. The first kappa shape index (κ1) is 26.8. The summed E-state index contributed by atoms with van der Waals surface area (Å²) in [6, 6.07) is 10.3. The first-order valence-electron chi connectivity index (χ1n) is 12.8. The fourth-order valence-corrected chi connectivity index (χ4v) is 7.08. The number of alkyl halides is 3. The Kier molecular flexibility index (Phi) is 7.31. The third-order valence-corrected chi connectivity index (χ3v) is 9.09. The minimum Gasteiger partial charge on any atom is -0.330 e. The van der Waals surface area contributed by atoms with Gasteiger partial charge in [0.15, 0.2) is 15.7 Å². The monoisotopic (exact) mass is 548 g/mol. The molecular formula is C26H31F3N6O2S. The van der Waals surface area contributed by atoms with Crippen LogP contribution in [0, 0.1) is 5.92 Å². The number of hydrogen-bond acceptors (Lipinski definition) is 7. The second-order valence-electron chi connectivity index (χ2n) is 10.4. The number of sulfone groups is 1. The zero-order chi connectivity index (χ0) is 27.1. The smallest absolute Gasteiger partial charge is 0.330 e. The summed E-state index contributed by atoms with van der Waals surface area (Å²) in [5, 5.41) is 13.1. The van der Waals surface area contributed by atoms with E-state index in [1.165, 1.54) is 31.7 Å². The predicted octanol–water partition coefficient (Wildman–Crippen LogP) is 4.26. The molecule has 3 aromatic rings. The van der Waals surface area contributed by atoms with Gasteiger partial charge in [0, 0.05) is 36.9 Å². The number of hydrogen-bond donors (Lipinski definition) is 2. The molecule has 2 fully saturated rings. The molecule has 1 saturated carbocycles. The highest BCUT2D eigenvalue weighted by atomic mass is 32.2. The molecule has 12 heteroatoms. The number of likely N-dealkylation sites (tertiary alicyclic amines) is 1. The number of nitrogens with one attached hydrogen (secondary N) is 1. The van der Waals surface area contributed by atoms with E-state index in [2.05, 4.69) is 25.5 Å². The van der Waals surface area contributed by atoms with Crippen molar-refractivity contribution in [2.45, 2.75) is 55.1 Å². The standard InChI is InChI=1S/C26H31F3N6O2S/c1-38(36,37)24-22(26(27,28)29)11-10-21(23(24)25-31-33-34-32-25)18-6-4-17(5-7-18)19-14-35(15-19)20-8-2-16(3-9-20)12-13-30/h4-7,10-11,16,19-20H,2-3,8-9,12-15,30H2,1H3,(H,31,32,33,34). The third-order valence-electron chi connectivity index (χ3n) is 7.93. The molecule has 0 atom stereocenters. The van der Waals surface area contributed by atoms with Gasteiger partial charge in [0.25, 0.3) is 0 Å². The van der Waals surface area contributed by atoms with Gasteiger partial charge in [-0.25, -0.2) is 13.5 Å². The number of rotatable bonds is 7. The molecule has 1 saturated heterocycles. The lowest BCUT2D eigenvalue weighted by Crippen LogP contribution is -2.51. The second-order valence-corrected chi connectivity index (χ2v) is 12.4. The summed E-state index contributed by atoms with van der Waals surface area (Å²) in [4.78, 5) is 1.70. The zero-order valence-electron chi connectivity index (χ0n) is 21.1. The molecule has 2 aromatic carbocycles. The van der Waals surface area contributed by atoms with E-state index in [9.17, 15) is 21.6 Å². The van der Waals surface area contributed by atoms with E-state index in [0.29, 0.717) is 23.1 Å². The molecule has 204 valence electrons. The Labute approximate surface area is 219 Å². The quantitative estimate of drug-likeness (QED) is 0.453. The maximum atomic E-state index is 13.8. The van der Waals surface area contributed by atoms with Crippen molar-refractivity contribution in [1.82, 2.24) is 25.5 Å². The van der Waals surface area contributed by atoms with E-state index in [4.69, 9.17) is 5.73 Å². The summed E-state index contributed by atoms with van der Waals surface area (Å²) in [6.45, 7) is 2.73. The van der Waals surface area contributed by atoms with Crippen molar-refractivity contribution in [2.75, 3.05) is 25.9 Å². The minimum absolute atomic E-state index is 0.147. The fraction of sp³-hybridized carbons (Fsp3) is 0.500. The molecule has 38 heavy (non-hydrogen) atoms. The lowest BCUT2D eigenvalue weighted by atomic mass is 9.80. The maximum absolute atomic E-state index is 13.8. The van der Waals surface area contributed by atoms with Crippen LogP contribution < -0.4 is 5.73 Å². The highest BCUT2D eigenvalue weighted by molar-refractivity contribution is 7.91. The Morgan fingerprint density at radius 2 is 1.74 bits per heavy atom. The van der Waals surface area contributed by atoms with Crippen LogP contribution in [-0.2, 0) is 16.0 Å². The van der Waals surface area contributed by atoms with Crippen molar-refractivity contribution >= 4 is 9.84 Å². The molecule has 8 nitrogen and oxygen atoms in total. The topological polar surface area (TPSA) is 118 Å². The molecule has 0 bridgehead atoms. The Hall–Kier alpha value is -2.83. The lowest BCUT2D eigenvalue weighted by Gasteiger charge is -2.47. The van der Waals surface area contributed by atoms with Gasteiger partial charge in [-0.3, -0.25) is 4.90 Å². The summed E-state index contributed by atoms with van der Waals surface area (Å²) < 4.78 is 66.6. The Morgan fingerprint density at radius 1 is 1.05 bits per heavy atom. The van der Waals surface area contributed by atoms with Crippen LogP contribution in [0.1, 0.15) is 49.1 Å². The summed E-state index contributed by atoms with van der Waals surface area (Å²) in [5.74, 6) is 1.00. The summed E-state index contributed by atoms with van der Waals surface area (Å²) in [7, 11) is -4.29. The molecular weight excluding hydrogens is 517 g/mol. The van der Waals surface area contributed by atoms with Crippen molar-refractivity contribution in [3.05, 3.63) is 47.5 Å². The number of aromatic amines is 1. The third kappa shape index (κ3) is 5.34. The molecule has 5 rings (SSSR count). The average molecular weight is 549 g/mol. The molecule has 0 unspecified atom stereocenters. The van der Waals surface area contributed by atoms with Crippen LogP contribution in [0.5, 0.6) is 0 Å². The maximum Gasteiger partial charge on any atom is 0.417 e. The highest BCUT2D eigenvalue weighted by Gasteiger charge is 2.39. The van der Waals surface area contributed by atoms with E-state index in [-0.39, 0.29) is 11.4 Å². The number of H-pyrrole nitrogens is 1. The normalized spacial score (nSPS) is 21.4. The number of benzene rings is 2. The van der Waals surface area contributed by atoms with Crippen LogP contribution >= 0.6 is 0 Å². The van der Waals surface area contributed by atoms with E-state index < -0.39 is 26.5 Å². The van der Waals surface area contributed by atoms with E-state index in [0.717, 1.165) is 49.9 Å². The van der Waals surface area contributed by atoms with Gasteiger partial charge in [-0.05, 0) is 77.8 Å². The Balaban J connectivity index is 1.39. The highest BCUT2D eigenvalue weighted by Crippen LogP contribution is 2.44. The molecule has 3 N–H and O–H groups in total. The van der Waals surface area contributed by atoms with Crippen molar-refractivity contribution in [1.29, 1.82) is 0 Å². The number of nitrogens with zero attached hydrogens (tertiary/aromatic N) is 4. The van der Waals surface area contributed by atoms with Crippen molar-refractivity contribution < 1.29 is 21.6 Å². The van der Waals surface area contributed by atoms with Crippen LogP contribution in [0.15, 0.2) is 41.3 Å². The molecule has 2 heterocycles. The number of tetrazole rings is 1. The van der Waals surface area contributed by atoms with Crippen LogP contribution in [0.2, 0.25) is 0 Å². The van der Waals surface area contributed by atoms with E-state index >= 15 is 0 Å². The Morgan fingerprint density at radius 3 is 2.29 bits per heavy atom. The molecule has 0 spiro atoms. The van der Waals surface area contributed by atoms with Gasteiger partial charge >= 0.3 is 6.18 Å². The van der Waals surface area contributed by atoms with Gasteiger partial charge in [-0.1, -0.05) is 30.3 Å². The van der Waals surface area contributed by atoms with E-state index in [1.807, 2.05) is 24.3 Å². The largest absolute Gasteiger partial charge is 0.417 e. The molecule has 0 amide bonds. The van der Waals surface area contributed by atoms with E-state index in [1.54, 1.807) is 0 Å². The first-order valence-corrected chi connectivity index (χ1v) is 14.7. The van der Waals surface area contributed by atoms with Gasteiger partial charge in [-0.2, -0.15) is 13.2 Å². The van der Waals surface area contributed by atoms with Gasteiger partial charge < -0.3 is 5.73 Å². The number of nitrogens with two attached hydrogens (primary N) is 1. The van der Waals surface area contributed by atoms with Crippen LogP contribution in [0.25, 0.3) is 22.5 Å². The minimum atomic E-state index is -4.87. The van der Waals surface area contributed by atoms with Gasteiger partial charge in [0.1, 0.15) is 0 Å². The Bertz CT molecular complexity index is 1360. The van der Waals surface area contributed by atoms with Crippen LogP contribution in [0.4, 0.5) is 13.2 Å². The van der Waals surface area contributed by atoms with Gasteiger partial charge in [-0.15, -0.1) is 5.10 Å². The molecule has 2 aliphatic rings. The summed E-state index contributed by atoms with van der Waals surface area (Å²) >= 11 is 0. The molecule has 1 aliphatic heterocycles. The van der Waals surface area contributed by atoms with Gasteiger partial charge in [0.2, 0.25) is 0 Å². The predicted molar refractivity (Wildman–Crippen MR) is 137 cm³/mol. The average Bonchev–Trinajstić information content (AvgIpc) is 3.38. The second kappa shape index (κ2) is 10.4. The summed E-state index contributed by atoms with van der Waals surface area (Å²) in [6.07, 6.45) is 1.90. The SMILES string of the molecule is CS(=O)(=O)c1c(C(F)(F)F)ccc(-c2ccc(C3CN(C4CCC(CCN)CC4)C3)cc2)c1-c1nnn[nH]1. The van der Waals surface area contributed by atoms with Crippen molar-refractivity contribution in [2.24, 2.45) is 11.7 Å². The fourth-order valence-electron chi connectivity index (χ4n) is 5.92. The van der Waals surface area contributed by atoms with Crippen molar-refractivity contribution in [3.8, 4) is 22.5 Å². The van der Waals surface area contributed by atoms with Crippen LogP contribution in [0.3, 0.4) is 0 Å². The lowest BCUT2D eigenvalue weighted by molar-refractivity contribution is -0.139. The number of aromatic nitrogens is 4. The van der Waals surface area contributed by atoms with Crippen LogP contribution in [-0.4, -0.2) is 65.9 Å². The van der Waals surface area contributed by atoms with Gasteiger partial charge in [0.05, 0.1) is 10.5 Å². The molecule has 0 radical (unpaired) electrons. The molecule has 1 aliphatic carbocycles.